The van der Waals surface area contributed by atoms with Crippen molar-refractivity contribution in [2.75, 3.05) is 7.05 Å². The molecule has 0 saturated heterocycles. The fourth-order valence-electron chi connectivity index (χ4n) is 0.514. The van der Waals surface area contributed by atoms with E-state index < -0.39 is 8.18 Å². The zero-order valence-electron chi connectivity index (χ0n) is 8.15. The second-order valence-corrected chi connectivity index (χ2v) is 34.0. The van der Waals surface area contributed by atoms with Gasteiger partial charge < -0.3 is 0 Å². The summed E-state index contributed by atoms with van der Waals surface area (Å²) in [4.78, 5) is 3.75. The van der Waals surface area contributed by atoms with Gasteiger partial charge in [0.05, 0.1) is 0 Å². The first-order chi connectivity index (χ1) is 7.38. The summed E-state index contributed by atoms with van der Waals surface area (Å²) in [6.45, 7) is 0. The third kappa shape index (κ3) is 12.7. The van der Waals surface area contributed by atoms with Gasteiger partial charge in [0.1, 0.15) is 22.5 Å². The molecule has 0 atom stereocenters. The van der Waals surface area contributed by atoms with Gasteiger partial charge in [0.2, 0.25) is 5.29 Å². The number of rotatable bonds is 0. The summed E-state index contributed by atoms with van der Waals surface area (Å²) in [6, 6.07) is 0. The Morgan fingerprint density at radius 3 is 1.67 bits per heavy atom. The maximum absolute atomic E-state index is 5.89. The monoisotopic (exact) mass is 492 g/mol. The first-order valence-electron chi connectivity index (χ1n) is 3.60. The zero-order chi connectivity index (χ0) is 15.1. The molecule has 0 fully saturated rings. The van der Waals surface area contributed by atoms with Gasteiger partial charge in [0.15, 0.2) is 11.0 Å². The van der Waals surface area contributed by atoms with Crippen molar-refractivity contribution >= 4 is 127 Å². The van der Waals surface area contributed by atoms with Crippen LogP contribution >= 0.6 is 121 Å². The van der Waals surface area contributed by atoms with E-state index in [1.807, 2.05) is 0 Å². The maximum atomic E-state index is 5.89. The Hall–Kier alpha value is 2.97. The first kappa shape index (κ1) is 21.0. The van der Waals surface area contributed by atoms with Crippen molar-refractivity contribution in [2.24, 2.45) is 4.99 Å². The van der Waals surface area contributed by atoms with Crippen LogP contribution in [0, 0.1) is 0 Å². The van der Waals surface area contributed by atoms with Crippen molar-refractivity contribution in [3.05, 3.63) is 11.0 Å². The Bertz CT molecular complexity index is 381. The van der Waals surface area contributed by atoms with Crippen LogP contribution in [0.5, 0.6) is 0 Å². The SMILES string of the molecule is CN1C(Cl)=NC(Cl)=C[P+]1(Cl)Cl.Cl[P-](Cl)(Cl)(Cl)(Cl)Cl. The molecule has 18 heavy (non-hydrogen) atoms. The predicted molar refractivity (Wildman–Crippen MR) is 95.7 cm³/mol. The first-order valence-corrected chi connectivity index (χ1v) is 16.1. The van der Waals surface area contributed by atoms with E-state index in [0.717, 1.165) is 0 Å². The molecular formula is C4H4Cl10N2P2. The van der Waals surface area contributed by atoms with Gasteiger partial charge in [-0.05, 0) is 11.6 Å². The quantitative estimate of drug-likeness (QED) is 0.242. The van der Waals surface area contributed by atoms with Crippen LogP contribution in [0.4, 0.5) is 0 Å². The van der Waals surface area contributed by atoms with Gasteiger partial charge in [-0.2, -0.15) is 4.67 Å². The van der Waals surface area contributed by atoms with Gasteiger partial charge in [0, 0.05) is 7.05 Å². The summed E-state index contributed by atoms with van der Waals surface area (Å²) in [5.41, 5.74) is 0. The Morgan fingerprint density at radius 2 is 1.39 bits per heavy atom. The van der Waals surface area contributed by atoms with Crippen LogP contribution in [0.15, 0.2) is 16.0 Å². The van der Waals surface area contributed by atoms with Crippen LogP contribution in [0.2, 0.25) is 0 Å². The molecule has 14 heteroatoms. The molecule has 0 aromatic rings. The van der Waals surface area contributed by atoms with E-state index in [-0.39, 0.29) is 10.5 Å². The molecule has 0 radical (unpaired) electrons. The summed E-state index contributed by atoms with van der Waals surface area (Å²) in [7, 11) is 1.67. The molecule has 0 bridgehead atoms. The number of nitrogens with zero attached hydrogens (tertiary/aromatic N) is 2. The number of aliphatic imine (C=N–C) groups is 1. The third-order valence-electron chi connectivity index (χ3n) is 1.13. The van der Waals surface area contributed by atoms with E-state index in [1.54, 1.807) is 7.05 Å². The molecular weight excluding hydrogens is 493 g/mol. The van der Waals surface area contributed by atoms with Crippen LogP contribution < -0.4 is 0 Å². The Morgan fingerprint density at radius 1 is 1.06 bits per heavy atom. The molecule has 1 aliphatic heterocycles. The summed E-state index contributed by atoms with van der Waals surface area (Å²) in [6.07, 6.45) is -2.32. The Labute approximate surface area is 153 Å². The molecule has 0 aromatic carbocycles. The van der Waals surface area contributed by atoms with Gasteiger partial charge in [-0.25, -0.2) is 4.99 Å². The van der Waals surface area contributed by atoms with E-state index >= 15 is 0 Å². The predicted octanol–water partition coefficient (Wildman–Crippen LogP) is 8.80. The second-order valence-electron chi connectivity index (χ2n) is 2.84. The average Bonchev–Trinajstić information content (AvgIpc) is 1.92. The van der Waals surface area contributed by atoms with Crippen molar-refractivity contribution < 1.29 is 0 Å². The molecule has 0 spiro atoms. The third-order valence-corrected chi connectivity index (χ3v) is 5.42. The standard InChI is InChI=1S/C4H4Cl4N2P.Cl6P/c1-10-4(6)9-3(5)2-11(10,7)8;1-7(2,3,4,5)6/h2H,1H3;/q+1;-1. The molecule has 0 amide bonds. The van der Waals surface area contributed by atoms with Crippen LogP contribution in [0.25, 0.3) is 0 Å². The summed E-state index contributed by atoms with van der Waals surface area (Å²) in [5, 5.41) is 0.460. The molecule has 2 nitrogen and oxygen atoms in total. The molecule has 110 valence electrons. The fraction of sp³-hybridized carbons (Fsp3) is 0.250. The molecule has 1 aliphatic rings. The van der Waals surface area contributed by atoms with Gasteiger partial charge in [-0.15, -0.1) is 0 Å². The number of amidine groups is 1. The van der Waals surface area contributed by atoms with Crippen LogP contribution in [0.1, 0.15) is 0 Å². The van der Waals surface area contributed by atoms with Crippen molar-refractivity contribution in [1.82, 2.24) is 4.67 Å². The fourth-order valence-corrected chi connectivity index (χ4v) is 3.78. The van der Waals surface area contributed by atoms with Crippen LogP contribution in [0.3, 0.4) is 0 Å². The van der Waals surface area contributed by atoms with Crippen molar-refractivity contribution in [3.8, 4) is 0 Å². The molecule has 0 N–H and O–H groups in total. The Balaban J connectivity index is 0.000000360. The van der Waals surface area contributed by atoms with E-state index in [1.165, 1.54) is 10.5 Å². The van der Waals surface area contributed by atoms with Crippen molar-refractivity contribution in [2.45, 2.75) is 0 Å². The van der Waals surface area contributed by atoms with E-state index in [2.05, 4.69) is 4.99 Å². The second kappa shape index (κ2) is 5.88. The van der Waals surface area contributed by atoms with Crippen LogP contribution in [-0.4, -0.2) is 17.0 Å². The Kier molecular flexibility index (Phi) is 6.85. The molecule has 0 aromatic heterocycles. The molecule has 1 rings (SSSR count). The van der Waals surface area contributed by atoms with Crippen molar-refractivity contribution in [1.29, 1.82) is 0 Å². The van der Waals surface area contributed by atoms with Gasteiger partial charge in [-0.3, -0.25) is 0 Å². The normalized spacial score (nSPS) is 22.9. The number of halogens is 10. The molecule has 1 heterocycles. The summed E-state index contributed by atoms with van der Waals surface area (Å²) >= 11 is 53.0. The number of hydrogen-bond donors (Lipinski definition) is 0. The van der Waals surface area contributed by atoms with Gasteiger partial charge in [-0.1, -0.05) is 11.6 Å². The van der Waals surface area contributed by atoms with E-state index in [4.69, 9.17) is 113 Å². The minimum absolute atomic E-state index is 0.218. The molecule has 0 aliphatic carbocycles. The van der Waals surface area contributed by atoms with E-state index in [9.17, 15) is 0 Å². The topological polar surface area (TPSA) is 15.6 Å². The summed E-state index contributed by atoms with van der Waals surface area (Å²) in [5.74, 6) is 1.50. The molecule has 0 unspecified atom stereocenters. The van der Waals surface area contributed by atoms with Gasteiger partial charge in [0.25, 0.3) is 0 Å². The van der Waals surface area contributed by atoms with Gasteiger partial charge >= 0.3 is 75.6 Å². The van der Waals surface area contributed by atoms with Crippen molar-refractivity contribution in [3.63, 3.8) is 0 Å². The summed E-state index contributed by atoms with van der Waals surface area (Å²) < 4.78 is -3.32. The average molecular weight is 497 g/mol. The zero-order valence-corrected chi connectivity index (χ0v) is 17.5. The molecule has 0 saturated carbocycles. The van der Waals surface area contributed by atoms with Crippen LogP contribution in [-0.2, 0) is 0 Å². The van der Waals surface area contributed by atoms with E-state index in [0.29, 0.717) is 0 Å². The minimum atomic E-state index is -4.82. The number of hydrogen-bond acceptors (Lipinski definition) is 2.